The topological polar surface area (TPSA) is 57.5 Å². The first-order valence-corrected chi connectivity index (χ1v) is 11.2. The van der Waals surface area contributed by atoms with Crippen molar-refractivity contribution in [2.75, 3.05) is 12.3 Å². The minimum atomic E-state index is -3.50. The molecule has 2 aliphatic carbocycles. The summed E-state index contributed by atoms with van der Waals surface area (Å²) in [6, 6.07) is 9.64. The van der Waals surface area contributed by atoms with Gasteiger partial charge in [-0.1, -0.05) is 44.2 Å². The number of amides is 1. The molecule has 140 valence electrons. The first-order chi connectivity index (χ1) is 12.3. The average molecular weight is 375 g/mol. The molecular weight excluding hydrogens is 348 g/mol. The van der Waals surface area contributed by atoms with E-state index in [0.29, 0.717) is 19.0 Å². The highest BCUT2D eigenvalue weighted by Gasteiger charge is 2.72. The molecule has 5 rings (SSSR count). The Labute approximate surface area is 155 Å². The van der Waals surface area contributed by atoms with E-state index in [1.165, 1.54) is 4.31 Å². The summed E-state index contributed by atoms with van der Waals surface area (Å²) in [4.78, 5) is 15.2. The highest BCUT2D eigenvalue weighted by molar-refractivity contribution is 7.90. The van der Waals surface area contributed by atoms with Crippen molar-refractivity contribution in [1.82, 2.24) is 9.21 Å². The summed E-state index contributed by atoms with van der Waals surface area (Å²) < 4.78 is 27.3. The summed E-state index contributed by atoms with van der Waals surface area (Å²) in [5.74, 6) is 0.509. The number of carbonyl (C=O) groups excluding carboxylic acids is 1. The summed E-state index contributed by atoms with van der Waals surface area (Å²) in [5, 5.41) is 0. The molecule has 0 aromatic heterocycles. The summed E-state index contributed by atoms with van der Waals surface area (Å²) in [6.07, 6.45) is 2.89. The average Bonchev–Trinajstić information content (AvgIpc) is 3.19. The lowest BCUT2D eigenvalue weighted by atomic mass is 9.69. The number of rotatable bonds is 3. The van der Waals surface area contributed by atoms with Crippen LogP contribution in [0.5, 0.6) is 0 Å². The monoisotopic (exact) mass is 374 g/mol. The van der Waals surface area contributed by atoms with E-state index in [4.69, 9.17) is 0 Å². The largest absolute Gasteiger partial charge is 0.284 e. The van der Waals surface area contributed by atoms with Gasteiger partial charge in [-0.05, 0) is 36.2 Å². The molecule has 6 heteroatoms. The van der Waals surface area contributed by atoms with Crippen LogP contribution in [0.2, 0.25) is 0 Å². The molecular formula is C20H26N2O3S. The van der Waals surface area contributed by atoms with Crippen molar-refractivity contribution >= 4 is 15.9 Å². The third-order valence-electron chi connectivity index (χ3n) is 7.86. The van der Waals surface area contributed by atoms with Crippen LogP contribution in [-0.2, 0) is 21.4 Å². The SMILES string of the molecule is CC1(C)[C@H]2CC[C@@]13CS(=O)(=O)N(C(=O)[C@H]1CN1Cc1ccccc1)[C@H]3C2. The van der Waals surface area contributed by atoms with E-state index in [1.54, 1.807) is 0 Å². The third-order valence-corrected chi connectivity index (χ3v) is 9.77. The van der Waals surface area contributed by atoms with Gasteiger partial charge in [-0.3, -0.25) is 9.69 Å². The van der Waals surface area contributed by atoms with Gasteiger partial charge < -0.3 is 0 Å². The summed E-state index contributed by atoms with van der Waals surface area (Å²) in [5.41, 5.74) is 0.933. The van der Waals surface area contributed by atoms with Gasteiger partial charge in [-0.15, -0.1) is 0 Å². The maximum Gasteiger partial charge on any atom is 0.255 e. The van der Waals surface area contributed by atoms with Crippen LogP contribution in [0.15, 0.2) is 30.3 Å². The van der Waals surface area contributed by atoms with Crippen molar-refractivity contribution < 1.29 is 13.2 Å². The molecule has 4 aliphatic rings. The quantitative estimate of drug-likeness (QED) is 0.762. The first kappa shape index (κ1) is 16.8. The lowest BCUT2D eigenvalue weighted by molar-refractivity contribution is -0.129. The standard InChI is InChI=1S/C20H26N2O3S/c1-19(2)15-8-9-20(19)13-26(24,25)22(17(20)10-15)18(23)16-12-21(16)11-14-6-4-3-5-7-14/h3-7,15-17H,8-13H2,1-2H3/t15-,16+,17-,20-,21?/m0/s1. The van der Waals surface area contributed by atoms with E-state index in [1.807, 2.05) is 30.3 Å². The Balaban J connectivity index is 1.38. The molecule has 1 spiro atoms. The van der Waals surface area contributed by atoms with Gasteiger partial charge >= 0.3 is 0 Å². The van der Waals surface area contributed by atoms with E-state index in [-0.39, 0.29) is 34.6 Å². The van der Waals surface area contributed by atoms with Crippen molar-refractivity contribution in [2.24, 2.45) is 16.7 Å². The van der Waals surface area contributed by atoms with Crippen LogP contribution in [0.4, 0.5) is 0 Å². The Kier molecular flexibility index (Phi) is 3.29. The van der Waals surface area contributed by atoms with Crippen LogP contribution in [0.1, 0.15) is 38.7 Å². The first-order valence-electron chi connectivity index (χ1n) is 9.60. The van der Waals surface area contributed by atoms with E-state index < -0.39 is 10.0 Å². The minimum Gasteiger partial charge on any atom is -0.284 e. The molecule has 2 saturated carbocycles. The summed E-state index contributed by atoms with van der Waals surface area (Å²) in [6.45, 7) is 5.79. The molecule has 1 unspecified atom stereocenters. The van der Waals surface area contributed by atoms with Gasteiger partial charge in [0.05, 0.1) is 11.8 Å². The summed E-state index contributed by atoms with van der Waals surface area (Å²) in [7, 11) is -3.50. The van der Waals surface area contributed by atoms with Gasteiger partial charge in [0, 0.05) is 18.5 Å². The second-order valence-electron chi connectivity index (χ2n) is 9.19. The Bertz CT molecular complexity index is 866. The maximum atomic E-state index is 13.2. The number of sulfonamides is 1. The Morgan fingerprint density at radius 3 is 2.65 bits per heavy atom. The Hall–Kier alpha value is -1.40. The predicted molar refractivity (Wildman–Crippen MR) is 98.6 cm³/mol. The second-order valence-corrected chi connectivity index (χ2v) is 11.0. The third kappa shape index (κ3) is 2.06. The zero-order valence-electron chi connectivity index (χ0n) is 15.4. The lowest BCUT2D eigenvalue weighted by Crippen LogP contribution is -2.46. The summed E-state index contributed by atoms with van der Waals surface area (Å²) >= 11 is 0. The molecule has 2 saturated heterocycles. The van der Waals surface area contributed by atoms with Crippen molar-refractivity contribution in [3.05, 3.63) is 35.9 Å². The molecule has 2 heterocycles. The molecule has 0 radical (unpaired) electrons. The number of fused-ring (bicyclic) bond motifs is 1. The van der Waals surface area contributed by atoms with Crippen LogP contribution in [-0.4, -0.2) is 47.9 Å². The van der Waals surface area contributed by atoms with Crippen molar-refractivity contribution in [1.29, 1.82) is 0 Å². The molecule has 5 nitrogen and oxygen atoms in total. The van der Waals surface area contributed by atoms with Gasteiger partial charge in [-0.2, -0.15) is 0 Å². The van der Waals surface area contributed by atoms with Crippen molar-refractivity contribution in [2.45, 2.75) is 51.7 Å². The lowest BCUT2D eigenvalue weighted by Gasteiger charge is -2.37. The molecule has 1 aromatic rings. The second kappa shape index (κ2) is 5.10. The molecule has 26 heavy (non-hydrogen) atoms. The van der Waals surface area contributed by atoms with Gasteiger partial charge in [0.15, 0.2) is 0 Å². The molecule has 2 bridgehead atoms. The van der Waals surface area contributed by atoms with Gasteiger partial charge in [-0.25, -0.2) is 12.7 Å². The number of carbonyl (C=O) groups is 1. The van der Waals surface area contributed by atoms with Gasteiger partial charge in [0.25, 0.3) is 5.91 Å². The van der Waals surface area contributed by atoms with Crippen LogP contribution >= 0.6 is 0 Å². The van der Waals surface area contributed by atoms with Gasteiger partial charge in [0.1, 0.15) is 6.04 Å². The Morgan fingerprint density at radius 2 is 1.96 bits per heavy atom. The van der Waals surface area contributed by atoms with Crippen LogP contribution in [0, 0.1) is 16.7 Å². The highest BCUT2D eigenvalue weighted by Crippen LogP contribution is 2.70. The van der Waals surface area contributed by atoms with Crippen LogP contribution in [0.25, 0.3) is 0 Å². The normalized spacial score (nSPS) is 41.2. The van der Waals surface area contributed by atoms with E-state index >= 15 is 0 Å². The number of benzene rings is 1. The number of hydrogen-bond acceptors (Lipinski definition) is 4. The van der Waals surface area contributed by atoms with E-state index in [2.05, 4.69) is 18.7 Å². The highest BCUT2D eigenvalue weighted by atomic mass is 32.2. The predicted octanol–water partition coefficient (Wildman–Crippen LogP) is 2.24. The Morgan fingerprint density at radius 1 is 1.23 bits per heavy atom. The molecule has 1 amide bonds. The fourth-order valence-corrected chi connectivity index (χ4v) is 8.70. The fourth-order valence-electron chi connectivity index (χ4n) is 6.13. The molecule has 1 aromatic carbocycles. The molecule has 5 atom stereocenters. The van der Waals surface area contributed by atoms with Crippen molar-refractivity contribution in [3.8, 4) is 0 Å². The zero-order valence-corrected chi connectivity index (χ0v) is 16.2. The molecule has 4 fully saturated rings. The minimum absolute atomic E-state index is 0.00699. The fraction of sp³-hybridized carbons (Fsp3) is 0.650. The van der Waals surface area contributed by atoms with E-state index in [9.17, 15) is 13.2 Å². The molecule has 2 aliphatic heterocycles. The number of hydrogen-bond donors (Lipinski definition) is 0. The zero-order chi connectivity index (χ0) is 18.3. The maximum absolute atomic E-state index is 13.2. The molecule has 0 N–H and O–H groups in total. The number of nitrogens with zero attached hydrogens (tertiary/aromatic N) is 2. The smallest absolute Gasteiger partial charge is 0.255 e. The van der Waals surface area contributed by atoms with Crippen LogP contribution < -0.4 is 0 Å². The van der Waals surface area contributed by atoms with Crippen molar-refractivity contribution in [3.63, 3.8) is 0 Å². The van der Waals surface area contributed by atoms with E-state index in [0.717, 1.165) is 24.8 Å². The van der Waals surface area contributed by atoms with Gasteiger partial charge in [0.2, 0.25) is 10.0 Å². The van der Waals surface area contributed by atoms with Crippen LogP contribution in [0.3, 0.4) is 0 Å².